The van der Waals surface area contributed by atoms with Crippen LogP contribution in [0.4, 0.5) is 10.6 Å². The van der Waals surface area contributed by atoms with Crippen molar-refractivity contribution < 1.29 is 61.8 Å². The molecule has 302 valence electrons. The maximum atomic E-state index is 15.2. The summed E-state index contributed by atoms with van der Waals surface area (Å²) in [7, 11) is -3.56. The van der Waals surface area contributed by atoms with Gasteiger partial charge >= 0.3 is 31.5 Å². The van der Waals surface area contributed by atoms with Crippen LogP contribution in [0, 0.1) is 0 Å². The third-order valence-electron chi connectivity index (χ3n) is 9.95. The van der Waals surface area contributed by atoms with E-state index in [9.17, 15) is 28.7 Å². The first-order chi connectivity index (χ1) is 26.1. The predicted molar refractivity (Wildman–Crippen MR) is 198 cm³/mol. The van der Waals surface area contributed by atoms with Gasteiger partial charge in [-0.05, 0) is 41.0 Å². The van der Waals surface area contributed by atoms with E-state index in [0.29, 0.717) is 30.9 Å². The first kappa shape index (κ1) is 43.3. The molecule has 0 radical (unpaired) electrons. The minimum Gasteiger partial charge on any atom is -0.464 e. The molecule has 0 saturated carbocycles. The highest BCUT2D eigenvalue weighted by molar-refractivity contribution is 7.51. The van der Waals surface area contributed by atoms with Gasteiger partial charge in [0.25, 0.3) is 5.91 Å². The quantitative estimate of drug-likeness (QED) is 0.114. The van der Waals surface area contributed by atoms with Crippen molar-refractivity contribution in [3.8, 4) is 11.4 Å². The number of piperazine rings is 1. The predicted octanol–water partition coefficient (Wildman–Crippen LogP) is 2.08. The number of ether oxygens (including phenoxy) is 4. The van der Waals surface area contributed by atoms with E-state index >= 15 is 9.59 Å². The molecule has 4 atom stereocenters. The molecule has 1 unspecified atom stereocenters. The van der Waals surface area contributed by atoms with Gasteiger partial charge in [0.1, 0.15) is 30.6 Å². The molecule has 19 heteroatoms. The zero-order valence-corrected chi connectivity index (χ0v) is 33.1. The fraction of sp³-hybridized carbons (Fsp3) is 0.583. The third-order valence-corrected chi connectivity index (χ3v) is 10.8. The second-order valence-electron chi connectivity index (χ2n) is 13.3. The fourth-order valence-electron chi connectivity index (χ4n) is 6.94. The molecule has 1 aromatic heterocycles. The molecule has 55 heavy (non-hydrogen) atoms. The number of amides is 3. The van der Waals surface area contributed by atoms with E-state index in [1.165, 1.54) is 24.8 Å². The topological polar surface area (TPSA) is 215 Å². The average molecular weight is 792 g/mol. The smallest absolute Gasteiger partial charge is 0.410 e. The molecular formula is C36H52N6O12P+. The van der Waals surface area contributed by atoms with Crippen LogP contribution in [-0.4, -0.2) is 160 Å². The number of anilines is 1. The summed E-state index contributed by atoms with van der Waals surface area (Å²) in [6.07, 6.45) is -1.27. The van der Waals surface area contributed by atoms with Crippen molar-refractivity contribution in [1.82, 2.24) is 19.8 Å². The Hall–Kier alpha value is -4.48. The minimum absolute atomic E-state index is 0.0231. The highest BCUT2D eigenvalue weighted by Crippen LogP contribution is 2.39. The van der Waals surface area contributed by atoms with Crippen LogP contribution in [0.2, 0.25) is 0 Å². The third kappa shape index (κ3) is 10.2. The second-order valence-corrected chi connectivity index (χ2v) is 15.0. The van der Waals surface area contributed by atoms with E-state index in [4.69, 9.17) is 23.9 Å². The number of hydrogen-bond acceptors (Lipinski definition) is 13. The van der Waals surface area contributed by atoms with Gasteiger partial charge in [0.15, 0.2) is 17.9 Å². The van der Waals surface area contributed by atoms with Crippen LogP contribution in [0.15, 0.2) is 36.4 Å². The Morgan fingerprint density at radius 2 is 1.55 bits per heavy atom. The number of hydrogen-bond donors (Lipinski definition) is 2. The van der Waals surface area contributed by atoms with Crippen molar-refractivity contribution in [1.29, 1.82) is 0 Å². The molecule has 2 fully saturated rings. The number of quaternary nitrogens is 1. The van der Waals surface area contributed by atoms with Gasteiger partial charge < -0.3 is 38.5 Å². The largest absolute Gasteiger partial charge is 0.464 e. The van der Waals surface area contributed by atoms with Gasteiger partial charge in [-0.2, -0.15) is 0 Å². The molecule has 2 aliphatic heterocycles. The molecule has 0 spiro atoms. The molecule has 4 rings (SSSR count). The van der Waals surface area contributed by atoms with E-state index in [1.807, 2.05) is 4.90 Å². The van der Waals surface area contributed by atoms with Crippen molar-refractivity contribution in [3.63, 3.8) is 0 Å². The zero-order chi connectivity index (χ0) is 40.5. The molecule has 2 aromatic rings. The Morgan fingerprint density at radius 3 is 2.11 bits per heavy atom. The maximum Gasteiger partial charge on any atom is 0.410 e. The first-order valence-electron chi connectivity index (χ1n) is 18.4. The normalized spacial score (nSPS) is 18.5. The Bertz CT molecular complexity index is 1730. The number of rotatable bonds is 15. The summed E-state index contributed by atoms with van der Waals surface area (Å²) >= 11 is 0. The van der Waals surface area contributed by atoms with Gasteiger partial charge in [-0.15, -0.1) is 0 Å². The Kier molecular flexibility index (Phi) is 14.9. The molecule has 0 aliphatic carbocycles. The van der Waals surface area contributed by atoms with Gasteiger partial charge in [-0.3, -0.25) is 14.3 Å². The lowest BCUT2D eigenvalue weighted by Crippen LogP contribution is -2.73. The number of methoxy groups -OCH3 is 1. The monoisotopic (exact) mass is 791 g/mol. The minimum atomic E-state index is -5.16. The van der Waals surface area contributed by atoms with E-state index in [2.05, 4.69) is 4.98 Å². The average Bonchev–Trinajstić information content (AvgIpc) is 3.66. The van der Waals surface area contributed by atoms with Crippen LogP contribution in [0.1, 0.15) is 51.5 Å². The van der Waals surface area contributed by atoms with Crippen molar-refractivity contribution in [2.24, 2.45) is 0 Å². The second kappa shape index (κ2) is 18.9. The molecule has 0 bridgehead atoms. The van der Waals surface area contributed by atoms with Crippen LogP contribution < -0.4 is 4.90 Å². The summed E-state index contributed by atoms with van der Waals surface area (Å²) in [4.78, 5) is 104. The number of aromatic nitrogens is 2. The van der Waals surface area contributed by atoms with Crippen molar-refractivity contribution in [3.05, 3.63) is 42.1 Å². The van der Waals surface area contributed by atoms with Gasteiger partial charge in [-0.25, -0.2) is 33.6 Å². The molecule has 1 aromatic carbocycles. The summed E-state index contributed by atoms with van der Waals surface area (Å²) in [6.45, 7) is 7.92. The van der Waals surface area contributed by atoms with Crippen molar-refractivity contribution in [2.75, 3.05) is 77.3 Å². The summed E-state index contributed by atoms with van der Waals surface area (Å²) in [5.41, 5.74) is 0.294. The highest BCUT2D eigenvalue weighted by Gasteiger charge is 2.55. The van der Waals surface area contributed by atoms with Gasteiger partial charge in [0.05, 0.1) is 45.2 Å². The highest BCUT2D eigenvalue weighted by atomic mass is 31.2. The van der Waals surface area contributed by atoms with Crippen molar-refractivity contribution in [2.45, 2.75) is 65.3 Å². The lowest BCUT2D eigenvalue weighted by Gasteiger charge is -2.47. The SMILES string of the molecule is CCOC(=O)C(C)N(C(=O)c1cc(N2CC[C@H](OC)C2)nc(-c2ccccc2)n1)[C@@H](CP(=O)(O)O)C(=O)[N+]1([C@@H](C)C(=O)OCC)CCN(C(=O)OCC)CC1. The van der Waals surface area contributed by atoms with Crippen LogP contribution in [0.25, 0.3) is 11.4 Å². The Balaban J connectivity index is 1.92. The molecular weight excluding hydrogens is 739 g/mol. The van der Waals surface area contributed by atoms with Gasteiger partial charge in [0, 0.05) is 31.8 Å². The summed E-state index contributed by atoms with van der Waals surface area (Å²) in [6, 6.07) is 5.41. The summed E-state index contributed by atoms with van der Waals surface area (Å²) in [5, 5.41) is 0. The Labute approximate surface area is 320 Å². The van der Waals surface area contributed by atoms with E-state index in [0.717, 1.165) is 4.90 Å². The molecule has 3 amide bonds. The van der Waals surface area contributed by atoms with Crippen LogP contribution in [-0.2, 0) is 37.9 Å². The van der Waals surface area contributed by atoms with Gasteiger partial charge in [-0.1, -0.05) is 30.3 Å². The maximum absolute atomic E-state index is 15.2. The van der Waals surface area contributed by atoms with E-state index in [1.54, 1.807) is 58.2 Å². The van der Waals surface area contributed by atoms with Crippen LogP contribution >= 0.6 is 7.60 Å². The lowest BCUT2D eigenvalue weighted by molar-refractivity contribution is -0.874. The number of carbonyl (C=O) groups is 5. The van der Waals surface area contributed by atoms with E-state index in [-0.39, 0.29) is 63.6 Å². The van der Waals surface area contributed by atoms with Gasteiger partial charge in [0.2, 0.25) is 0 Å². The van der Waals surface area contributed by atoms with E-state index < -0.39 is 66.2 Å². The summed E-state index contributed by atoms with van der Waals surface area (Å²) in [5.74, 6) is -3.18. The first-order valence-corrected chi connectivity index (χ1v) is 20.2. The number of benzene rings is 1. The molecule has 18 nitrogen and oxygen atoms in total. The zero-order valence-electron chi connectivity index (χ0n) is 32.2. The molecule has 3 heterocycles. The van der Waals surface area contributed by atoms with Crippen LogP contribution in [0.3, 0.4) is 0 Å². The number of nitrogens with zero attached hydrogens (tertiary/aromatic N) is 6. The van der Waals surface area contributed by atoms with Crippen LogP contribution in [0.5, 0.6) is 0 Å². The lowest BCUT2D eigenvalue weighted by atomic mass is 10.0. The molecule has 2 saturated heterocycles. The molecule has 2 N–H and O–H groups in total. The summed E-state index contributed by atoms with van der Waals surface area (Å²) < 4.78 is 33.4. The Morgan fingerprint density at radius 1 is 0.927 bits per heavy atom. The number of esters is 2. The number of carbonyl (C=O) groups excluding carboxylic acids is 5. The fourth-order valence-corrected chi connectivity index (χ4v) is 7.72. The van der Waals surface area contributed by atoms with Crippen molar-refractivity contribution >= 4 is 43.3 Å². The standard InChI is InChI=1S/C36H51N6O12P/c1-7-52-34(45)24(4)41(32(43)28-21-30(40-16-15-27(22-40)51-6)38-31(37-28)26-13-11-10-12-14-26)29(23-55(48,49)50)33(44)42(25(5)35(46)53-8-2)19-17-39(18-20-42)36(47)54-9-3/h10-14,21,24-25,27,29H,7-9,15-20,22-23H2,1-6H3,(H-,48,49,50)/p+1/t24?,25-,27-,29-/m0/s1. The molecule has 2 aliphatic rings.